The van der Waals surface area contributed by atoms with Crippen molar-refractivity contribution in [2.24, 2.45) is 0 Å². The van der Waals surface area contributed by atoms with Gasteiger partial charge in [0.05, 0.1) is 5.69 Å². The van der Waals surface area contributed by atoms with E-state index in [0.29, 0.717) is 0 Å². The summed E-state index contributed by atoms with van der Waals surface area (Å²) in [4.78, 5) is 4.34. The zero-order chi connectivity index (χ0) is 14.7. The Bertz CT molecular complexity index is 708. The highest BCUT2D eigenvalue weighted by Gasteiger charge is 2.08. The van der Waals surface area contributed by atoms with Gasteiger partial charge in [0.1, 0.15) is 0 Å². The molecular weight excluding hydrogens is 254 g/mol. The summed E-state index contributed by atoms with van der Waals surface area (Å²) in [5.41, 5.74) is 7.17. The molecule has 1 heteroatoms. The van der Waals surface area contributed by atoms with E-state index in [0.717, 1.165) is 36.1 Å². The molecule has 0 atom stereocenters. The zero-order valence-electron chi connectivity index (χ0n) is 12.2. The van der Waals surface area contributed by atoms with Crippen LogP contribution in [0, 0.1) is 0 Å². The van der Waals surface area contributed by atoms with Crippen LogP contribution in [0.4, 0.5) is 0 Å². The lowest BCUT2D eigenvalue weighted by molar-refractivity contribution is 1.07. The Balaban J connectivity index is 1.64. The molecule has 0 bridgehead atoms. The lowest BCUT2D eigenvalue weighted by Gasteiger charge is -2.09. The third kappa shape index (κ3) is 3.03. The van der Waals surface area contributed by atoms with Gasteiger partial charge in [-0.2, -0.15) is 0 Å². The van der Waals surface area contributed by atoms with Crippen molar-refractivity contribution in [2.75, 3.05) is 0 Å². The molecular formula is C20H19N. The van der Waals surface area contributed by atoms with Gasteiger partial charge in [-0.05, 0) is 65.3 Å². The molecule has 0 radical (unpaired) electrons. The number of allylic oxidation sites excluding steroid dienone is 3. The van der Waals surface area contributed by atoms with Crippen molar-refractivity contribution in [1.82, 2.24) is 4.98 Å². The summed E-state index contributed by atoms with van der Waals surface area (Å²) in [5, 5.41) is 0. The van der Waals surface area contributed by atoms with Gasteiger partial charge in [0, 0.05) is 6.20 Å². The SMILES string of the molecule is C=C(CCC(=C)c1ccccn1)c1ccc2c(c1)C=CC2. The van der Waals surface area contributed by atoms with Crippen LogP contribution in [0.1, 0.15) is 35.2 Å². The topological polar surface area (TPSA) is 12.9 Å². The maximum Gasteiger partial charge on any atom is 0.0655 e. The Labute approximate surface area is 126 Å². The van der Waals surface area contributed by atoms with Crippen molar-refractivity contribution in [1.29, 1.82) is 0 Å². The molecule has 1 heterocycles. The molecule has 0 amide bonds. The Morgan fingerprint density at radius 2 is 1.90 bits per heavy atom. The number of fused-ring (bicyclic) bond motifs is 1. The fourth-order valence-electron chi connectivity index (χ4n) is 2.61. The van der Waals surface area contributed by atoms with E-state index >= 15 is 0 Å². The van der Waals surface area contributed by atoms with E-state index in [-0.39, 0.29) is 0 Å². The minimum Gasteiger partial charge on any atom is -0.257 e. The van der Waals surface area contributed by atoms with Crippen LogP contribution in [-0.2, 0) is 6.42 Å². The fourth-order valence-corrected chi connectivity index (χ4v) is 2.61. The molecule has 3 rings (SSSR count). The van der Waals surface area contributed by atoms with E-state index in [1.54, 1.807) is 0 Å². The molecule has 1 aromatic heterocycles. The normalized spacial score (nSPS) is 12.2. The van der Waals surface area contributed by atoms with Gasteiger partial charge < -0.3 is 0 Å². The minimum atomic E-state index is 0.892. The molecule has 104 valence electrons. The lowest BCUT2D eigenvalue weighted by atomic mass is 9.96. The second-order valence-corrected chi connectivity index (χ2v) is 5.44. The highest BCUT2D eigenvalue weighted by Crippen LogP contribution is 2.27. The predicted octanol–water partition coefficient (Wildman–Crippen LogP) is 5.16. The van der Waals surface area contributed by atoms with E-state index in [1.165, 1.54) is 16.7 Å². The third-order valence-corrected chi connectivity index (χ3v) is 3.94. The second kappa shape index (κ2) is 5.92. The maximum absolute atomic E-state index is 4.34. The third-order valence-electron chi connectivity index (χ3n) is 3.94. The van der Waals surface area contributed by atoms with Gasteiger partial charge in [-0.25, -0.2) is 0 Å². The van der Waals surface area contributed by atoms with Gasteiger partial charge in [-0.15, -0.1) is 0 Å². The molecule has 0 unspecified atom stereocenters. The first kappa shape index (κ1) is 13.6. The van der Waals surface area contributed by atoms with Gasteiger partial charge in [0.2, 0.25) is 0 Å². The molecule has 1 aliphatic rings. The number of benzene rings is 1. The lowest BCUT2D eigenvalue weighted by Crippen LogP contribution is -1.91. The molecule has 0 fully saturated rings. The van der Waals surface area contributed by atoms with Crippen LogP contribution in [0.3, 0.4) is 0 Å². The molecule has 2 aromatic rings. The van der Waals surface area contributed by atoms with Crippen LogP contribution in [-0.4, -0.2) is 4.98 Å². The Morgan fingerprint density at radius 3 is 2.71 bits per heavy atom. The van der Waals surface area contributed by atoms with Crippen molar-refractivity contribution in [2.45, 2.75) is 19.3 Å². The second-order valence-electron chi connectivity index (χ2n) is 5.44. The Morgan fingerprint density at radius 1 is 1.05 bits per heavy atom. The summed E-state index contributed by atoms with van der Waals surface area (Å²) in [6.45, 7) is 8.36. The highest BCUT2D eigenvalue weighted by molar-refractivity contribution is 5.71. The summed E-state index contributed by atoms with van der Waals surface area (Å²) >= 11 is 0. The standard InChI is InChI=1S/C20H19N/c1-15(9-10-16(2)20-8-3-4-13-21-20)18-12-11-17-6-5-7-19(17)14-18/h3-5,7-8,11-14H,1-2,6,9-10H2. The Kier molecular flexibility index (Phi) is 3.83. The first-order chi connectivity index (χ1) is 10.2. The van der Waals surface area contributed by atoms with Gasteiger partial charge in [0.15, 0.2) is 0 Å². The zero-order valence-corrected chi connectivity index (χ0v) is 12.2. The van der Waals surface area contributed by atoms with Gasteiger partial charge in [0.25, 0.3) is 0 Å². The number of rotatable bonds is 5. The van der Waals surface area contributed by atoms with E-state index in [4.69, 9.17) is 0 Å². The molecule has 1 nitrogen and oxygen atoms in total. The smallest absolute Gasteiger partial charge is 0.0655 e. The molecule has 21 heavy (non-hydrogen) atoms. The number of pyridine rings is 1. The number of hydrogen-bond acceptors (Lipinski definition) is 1. The van der Waals surface area contributed by atoms with Gasteiger partial charge >= 0.3 is 0 Å². The first-order valence-corrected chi connectivity index (χ1v) is 7.31. The quantitative estimate of drug-likeness (QED) is 0.733. The molecule has 0 aliphatic heterocycles. The van der Waals surface area contributed by atoms with Crippen LogP contribution in [0.2, 0.25) is 0 Å². The van der Waals surface area contributed by atoms with Crippen molar-refractivity contribution < 1.29 is 0 Å². The summed E-state index contributed by atoms with van der Waals surface area (Å²) in [5.74, 6) is 0. The van der Waals surface area contributed by atoms with Crippen LogP contribution >= 0.6 is 0 Å². The summed E-state index contributed by atoms with van der Waals surface area (Å²) in [6, 6.07) is 12.6. The van der Waals surface area contributed by atoms with Crippen molar-refractivity contribution in [3.8, 4) is 0 Å². The number of nitrogens with zero attached hydrogens (tertiary/aromatic N) is 1. The summed E-state index contributed by atoms with van der Waals surface area (Å²) in [7, 11) is 0. The molecule has 0 saturated heterocycles. The van der Waals surface area contributed by atoms with Crippen molar-refractivity contribution in [3.05, 3.63) is 84.2 Å². The van der Waals surface area contributed by atoms with Crippen LogP contribution in [0.25, 0.3) is 17.2 Å². The van der Waals surface area contributed by atoms with Crippen molar-refractivity contribution >= 4 is 17.2 Å². The number of hydrogen-bond donors (Lipinski definition) is 0. The van der Waals surface area contributed by atoms with E-state index in [1.807, 2.05) is 24.4 Å². The van der Waals surface area contributed by atoms with Gasteiger partial charge in [-0.1, -0.05) is 43.5 Å². The minimum absolute atomic E-state index is 0.892. The number of aromatic nitrogens is 1. The largest absolute Gasteiger partial charge is 0.257 e. The summed E-state index contributed by atoms with van der Waals surface area (Å²) in [6.07, 6.45) is 9.07. The first-order valence-electron chi connectivity index (χ1n) is 7.31. The highest BCUT2D eigenvalue weighted by atomic mass is 14.7. The van der Waals surface area contributed by atoms with Crippen LogP contribution in [0.5, 0.6) is 0 Å². The fraction of sp³-hybridized carbons (Fsp3) is 0.150. The predicted molar refractivity (Wildman–Crippen MR) is 90.7 cm³/mol. The molecule has 1 aliphatic carbocycles. The van der Waals surface area contributed by atoms with Crippen LogP contribution in [0.15, 0.2) is 61.8 Å². The van der Waals surface area contributed by atoms with Crippen LogP contribution < -0.4 is 0 Å². The summed E-state index contributed by atoms with van der Waals surface area (Å²) < 4.78 is 0. The Hall–Kier alpha value is -2.41. The monoisotopic (exact) mass is 273 g/mol. The molecule has 0 saturated carbocycles. The van der Waals surface area contributed by atoms with Gasteiger partial charge in [-0.3, -0.25) is 4.98 Å². The van der Waals surface area contributed by atoms with E-state index < -0.39 is 0 Å². The van der Waals surface area contributed by atoms with Crippen molar-refractivity contribution in [3.63, 3.8) is 0 Å². The van der Waals surface area contributed by atoms with E-state index in [9.17, 15) is 0 Å². The molecule has 0 N–H and O–H groups in total. The average molecular weight is 273 g/mol. The van der Waals surface area contributed by atoms with E-state index in [2.05, 4.69) is 48.5 Å². The average Bonchev–Trinajstić information content (AvgIpc) is 3.00. The molecule has 1 aromatic carbocycles. The molecule has 0 spiro atoms. The maximum atomic E-state index is 4.34.